The molecule has 1 aromatic rings. The average Bonchev–Trinajstić information content (AvgIpc) is 3.03. The van der Waals surface area contributed by atoms with E-state index in [0.717, 1.165) is 57.5 Å². The number of furan rings is 1. The molecule has 0 radical (unpaired) electrons. The highest BCUT2D eigenvalue weighted by Crippen LogP contribution is 2.07. The Labute approximate surface area is 139 Å². The maximum absolute atomic E-state index is 5.85. The molecule has 0 bridgehead atoms. The summed E-state index contributed by atoms with van der Waals surface area (Å²) in [5, 5.41) is 6.65. The molecule has 1 unspecified atom stereocenters. The third-order valence-corrected chi connectivity index (χ3v) is 3.81. The van der Waals surface area contributed by atoms with Crippen LogP contribution in [0, 0.1) is 5.92 Å². The van der Waals surface area contributed by atoms with Crippen LogP contribution in [0.25, 0.3) is 0 Å². The zero-order valence-corrected chi connectivity index (χ0v) is 14.5. The summed E-state index contributed by atoms with van der Waals surface area (Å²) in [6, 6.07) is 3.89. The molecule has 0 spiro atoms. The number of hydrogen-bond donors (Lipinski definition) is 2. The van der Waals surface area contributed by atoms with Gasteiger partial charge >= 0.3 is 0 Å². The van der Waals surface area contributed by atoms with Crippen LogP contribution < -0.4 is 10.6 Å². The average molecular weight is 322 g/mol. The van der Waals surface area contributed by atoms with Gasteiger partial charge in [-0.3, -0.25) is 9.89 Å². The smallest absolute Gasteiger partial charge is 0.191 e. The Morgan fingerprint density at radius 3 is 3.00 bits per heavy atom. The highest BCUT2D eigenvalue weighted by Gasteiger charge is 2.20. The third-order valence-electron chi connectivity index (χ3n) is 3.81. The first-order chi connectivity index (χ1) is 11.2. The number of rotatable bonds is 7. The molecule has 1 atom stereocenters. The standard InChI is InChI=1S/C17H30N4O2/c1-14(2)12-21-8-10-23-16(13-21)11-20-17(18-3)19-7-6-15-5-4-9-22-15/h4-5,9,14,16H,6-8,10-13H2,1-3H3,(H2,18,19,20). The first-order valence-electron chi connectivity index (χ1n) is 8.48. The van der Waals surface area contributed by atoms with E-state index in [2.05, 4.69) is 34.4 Å². The molecule has 0 saturated carbocycles. The Morgan fingerprint density at radius 2 is 2.30 bits per heavy atom. The van der Waals surface area contributed by atoms with E-state index in [9.17, 15) is 0 Å². The molecule has 1 fully saturated rings. The van der Waals surface area contributed by atoms with Crippen molar-refractivity contribution in [2.45, 2.75) is 26.4 Å². The molecule has 1 aromatic heterocycles. The lowest BCUT2D eigenvalue weighted by Gasteiger charge is -2.34. The van der Waals surface area contributed by atoms with Gasteiger partial charge in [0.05, 0.1) is 19.0 Å². The summed E-state index contributed by atoms with van der Waals surface area (Å²) < 4.78 is 11.2. The molecule has 6 nitrogen and oxygen atoms in total. The van der Waals surface area contributed by atoms with Crippen molar-refractivity contribution in [1.82, 2.24) is 15.5 Å². The van der Waals surface area contributed by atoms with Crippen LogP contribution in [-0.4, -0.2) is 63.3 Å². The zero-order valence-electron chi connectivity index (χ0n) is 14.5. The minimum atomic E-state index is 0.214. The highest BCUT2D eigenvalue weighted by atomic mass is 16.5. The van der Waals surface area contributed by atoms with Gasteiger partial charge in [0.1, 0.15) is 5.76 Å². The predicted molar refractivity (Wildman–Crippen MR) is 92.8 cm³/mol. The fourth-order valence-electron chi connectivity index (χ4n) is 2.78. The fourth-order valence-corrected chi connectivity index (χ4v) is 2.78. The summed E-state index contributed by atoms with van der Waals surface area (Å²) in [6.07, 6.45) is 2.76. The van der Waals surface area contributed by atoms with Crippen molar-refractivity contribution in [3.05, 3.63) is 24.2 Å². The second-order valence-electron chi connectivity index (χ2n) is 6.36. The van der Waals surface area contributed by atoms with Crippen LogP contribution in [0.3, 0.4) is 0 Å². The lowest BCUT2D eigenvalue weighted by atomic mass is 10.2. The first kappa shape index (κ1) is 17.8. The predicted octanol–water partition coefficient (Wildman–Crippen LogP) is 1.34. The molecule has 0 aromatic carbocycles. The van der Waals surface area contributed by atoms with Gasteiger partial charge in [0.2, 0.25) is 0 Å². The van der Waals surface area contributed by atoms with Crippen LogP contribution in [0.5, 0.6) is 0 Å². The molecule has 1 aliphatic rings. The molecule has 1 aliphatic heterocycles. The fraction of sp³-hybridized carbons (Fsp3) is 0.706. The second-order valence-corrected chi connectivity index (χ2v) is 6.36. The number of ether oxygens (including phenoxy) is 1. The van der Waals surface area contributed by atoms with E-state index in [-0.39, 0.29) is 6.10 Å². The lowest BCUT2D eigenvalue weighted by molar-refractivity contribution is -0.0284. The Bertz CT molecular complexity index is 459. The third kappa shape index (κ3) is 6.62. The van der Waals surface area contributed by atoms with Crippen molar-refractivity contribution < 1.29 is 9.15 Å². The van der Waals surface area contributed by atoms with Gasteiger partial charge in [-0.2, -0.15) is 0 Å². The summed E-state index contributed by atoms with van der Waals surface area (Å²) in [4.78, 5) is 6.73. The molecule has 2 N–H and O–H groups in total. The van der Waals surface area contributed by atoms with Crippen molar-refractivity contribution in [3.8, 4) is 0 Å². The van der Waals surface area contributed by atoms with E-state index >= 15 is 0 Å². The van der Waals surface area contributed by atoms with Gasteiger partial charge < -0.3 is 19.8 Å². The minimum Gasteiger partial charge on any atom is -0.469 e. The van der Waals surface area contributed by atoms with Gasteiger partial charge in [-0.05, 0) is 18.1 Å². The van der Waals surface area contributed by atoms with Gasteiger partial charge in [-0.15, -0.1) is 0 Å². The van der Waals surface area contributed by atoms with Gasteiger partial charge in [-0.25, -0.2) is 0 Å². The van der Waals surface area contributed by atoms with Gasteiger partial charge in [0.15, 0.2) is 5.96 Å². The van der Waals surface area contributed by atoms with E-state index in [1.165, 1.54) is 0 Å². The normalized spacial score (nSPS) is 20.0. The summed E-state index contributed by atoms with van der Waals surface area (Å²) >= 11 is 0. The molecular weight excluding hydrogens is 292 g/mol. The van der Waals surface area contributed by atoms with Crippen LogP contribution in [0.1, 0.15) is 19.6 Å². The molecule has 130 valence electrons. The first-order valence-corrected chi connectivity index (χ1v) is 8.48. The summed E-state index contributed by atoms with van der Waals surface area (Å²) in [7, 11) is 1.79. The zero-order chi connectivity index (χ0) is 16.5. The van der Waals surface area contributed by atoms with Gasteiger partial charge in [0, 0.05) is 46.2 Å². The molecule has 1 saturated heterocycles. The summed E-state index contributed by atoms with van der Waals surface area (Å²) in [5.74, 6) is 2.48. The van der Waals surface area contributed by atoms with Crippen LogP contribution in [0.15, 0.2) is 27.8 Å². The van der Waals surface area contributed by atoms with Crippen LogP contribution in [0.2, 0.25) is 0 Å². The van der Waals surface area contributed by atoms with Crippen LogP contribution in [0.4, 0.5) is 0 Å². The maximum atomic E-state index is 5.85. The van der Waals surface area contributed by atoms with Crippen molar-refractivity contribution in [2.24, 2.45) is 10.9 Å². The molecule has 2 heterocycles. The Kier molecular flexibility index (Phi) is 7.42. The Morgan fingerprint density at radius 1 is 1.43 bits per heavy atom. The Balaban J connectivity index is 1.66. The molecular formula is C17H30N4O2. The largest absolute Gasteiger partial charge is 0.469 e. The SMILES string of the molecule is CN=C(NCCc1ccco1)NCC1CN(CC(C)C)CCO1. The second kappa shape index (κ2) is 9.57. The summed E-state index contributed by atoms with van der Waals surface area (Å²) in [5.41, 5.74) is 0. The summed E-state index contributed by atoms with van der Waals surface area (Å²) in [6.45, 7) is 10.0. The minimum absolute atomic E-state index is 0.214. The van der Waals surface area contributed by atoms with Gasteiger partial charge in [0.25, 0.3) is 0 Å². The number of aliphatic imine (C=N–C) groups is 1. The lowest BCUT2D eigenvalue weighted by Crippen LogP contribution is -2.50. The number of nitrogens with one attached hydrogen (secondary N) is 2. The number of guanidine groups is 1. The quantitative estimate of drug-likeness (QED) is 0.586. The monoisotopic (exact) mass is 322 g/mol. The van der Waals surface area contributed by atoms with Gasteiger partial charge in [-0.1, -0.05) is 13.8 Å². The van der Waals surface area contributed by atoms with Crippen molar-refractivity contribution in [1.29, 1.82) is 0 Å². The molecule has 2 rings (SSSR count). The van der Waals surface area contributed by atoms with E-state index in [4.69, 9.17) is 9.15 Å². The van der Waals surface area contributed by atoms with Crippen LogP contribution in [-0.2, 0) is 11.2 Å². The van der Waals surface area contributed by atoms with E-state index in [1.54, 1.807) is 13.3 Å². The molecule has 0 aliphatic carbocycles. The maximum Gasteiger partial charge on any atom is 0.191 e. The molecule has 6 heteroatoms. The Hall–Kier alpha value is -1.53. The number of morpholine rings is 1. The molecule has 23 heavy (non-hydrogen) atoms. The van der Waals surface area contributed by atoms with E-state index < -0.39 is 0 Å². The number of nitrogens with zero attached hydrogens (tertiary/aromatic N) is 2. The van der Waals surface area contributed by atoms with Crippen molar-refractivity contribution in [2.75, 3.05) is 46.4 Å². The topological polar surface area (TPSA) is 62.0 Å². The highest BCUT2D eigenvalue weighted by molar-refractivity contribution is 5.79. The van der Waals surface area contributed by atoms with Crippen molar-refractivity contribution >= 4 is 5.96 Å². The number of hydrogen-bond acceptors (Lipinski definition) is 4. The van der Waals surface area contributed by atoms with E-state index in [1.807, 2.05) is 12.1 Å². The molecule has 0 amide bonds. The van der Waals surface area contributed by atoms with E-state index in [0.29, 0.717) is 5.92 Å². The van der Waals surface area contributed by atoms with Crippen LogP contribution >= 0.6 is 0 Å². The van der Waals surface area contributed by atoms with Crippen molar-refractivity contribution in [3.63, 3.8) is 0 Å².